The molecule has 2 aromatic rings. The van der Waals surface area contributed by atoms with Crippen LogP contribution in [0.5, 0.6) is 0 Å². The number of nitrogens with zero attached hydrogens (tertiary/aromatic N) is 4. The highest BCUT2D eigenvalue weighted by Gasteiger charge is 2.68. The standard InChI is InChI=1S/C32H45BN4O4.C22H31BN4O4.C4H11BO2/c1-21(2)15-23(19-34)29(38)37-14-10-9-13-25(37)20-35-30(39)36-28(16-22-11-7-6-8-12-22)33-40-27-18-24-17-26(31(24,3)4)32(27,5)41-33;1-16(2)12-18(14-24)21(28)27-11-7-6-10-19(27)15-25-22(29)26-20(23(30)31)13-17-8-4-3-5-9-17;1-4(2)3-5(6)7/h6-8,11-12,15,21,24-28H,9-10,13-14,16-18,20H2,1-5H3,(H2,35,36,39);3-5,8-9,12,16,19-20,30-31H,6-7,10-11,13,15H2,1-2H3,(H2,25,26,29);4,6-7H,3H2,1-2H3/t24-,25+,26-,27+,28-,32-;19-,20+;/m01./s1. The second-order valence-corrected chi connectivity index (χ2v) is 23.8. The molecule has 0 radical (unpaired) electrons. The summed E-state index contributed by atoms with van der Waals surface area (Å²) >= 11 is 0. The van der Waals surface area contributed by atoms with Crippen LogP contribution < -0.4 is 21.3 Å². The van der Waals surface area contributed by atoms with Crippen LogP contribution in [0.2, 0.25) is 6.32 Å². The lowest BCUT2D eigenvalue weighted by Crippen LogP contribution is -2.65. The number of benzene rings is 2. The Bertz CT molecular complexity index is 2450. The molecular formula is C58H87B3N8O10. The van der Waals surface area contributed by atoms with Crippen LogP contribution >= 0.6 is 0 Å². The van der Waals surface area contributed by atoms with Crippen LogP contribution in [0.4, 0.5) is 9.59 Å². The van der Waals surface area contributed by atoms with E-state index in [0.717, 1.165) is 56.1 Å². The number of piperidine rings is 2. The van der Waals surface area contributed by atoms with E-state index in [2.05, 4.69) is 60.2 Å². The van der Waals surface area contributed by atoms with Crippen molar-refractivity contribution in [3.63, 3.8) is 0 Å². The van der Waals surface area contributed by atoms with Gasteiger partial charge in [0.15, 0.2) is 0 Å². The van der Waals surface area contributed by atoms with E-state index in [0.29, 0.717) is 50.1 Å². The zero-order valence-corrected chi connectivity index (χ0v) is 48.1. The van der Waals surface area contributed by atoms with E-state index in [1.165, 1.54) is 6.42 Å². The van der Waals surface area contributed by atoms with Gasteiger partial charge in [0, 0.05) is 38.3 Å². The molecule has 2 aromatic carbocycles. The highest BCUT2D eigenvalue weighted by Crippen LogP contribution is 2.65. The topological polar surface area (TPSA) is 270 Å². The summed E-state index contributed by atoms with van der Waals surface area (Å²) in [4.78, 5) is 55.1. The molecule has 3 aliphatic carbocycles. The number of rotatable bonds is 18. The van der Waals surface area contributed by atoms with Gasteiger partial charge in [-0.15, -0.1) is 0 Å². The van der Waals surface area contributed by atoms with Crippen LogP contribution in [-0.2, 0) is 31.7 Å². The van der Waals surface area contributed by atoms with Gasteiger partial charge in [-0.2, -0.15) is 10.5 Å². The molecule has 0 spiro atoms. The van der Waals surface area contributed by atoms with Gasteiger partial charge in [-0.05, 0) is 124 Å². The Morgan fingerprint density at radius 2 is 1.20 bits per heavy atom. The van der Waals surface area contributed by atoms with Crippen LogP contribution in [-0.4, -0.2) is 137 Å². The third-order valence-corrected chi connectivity index (χ3v) is 16.0. The van der Waals surface area contributed by atoms with E-state index >= 15 is 0 Å². The molecule has 18 nitrogen and oxygen atoms in total. The minimum Gasteiger partial charge on any atom is -0.427 e. The number of urea groups is 2. The van der Waals surface area contributed by atoms with Crippen LogP contribution in [0.25, 0.3) is 0 Å². The number of hydrogen-bond acceptors (Lipinski definition) is 12. The fourth-order valence-electron chi connectivity index (χ4n) is 11.8. The number of carbonyl (C=O) groups excluding carboxylic acids is 4. The van der Waals surface area contributed by atoms with Crippen molar-refractivity contribution in [1.29, 1.82) is 10.5 Å². The number of hydrogen-bond donors (Lipinski definition) is 8. The first-order valence-corrected chi connectivity index (χ1v) is 28.5. The van der Waals surface area contributed by atoms with Gasteiger partial charge in [-0.3, -0.25) is 9.59 Å². The fraction of sp³-hybridized carbons (Fsp3) is 0.621. The van der Waals surface area contributed by atoms with Crippen molar-refractivity contribution in [1.82, 2.24) is 31.1 Å². The predicted octanol–water partition coefficient (Wildman–Crippen LogP) is 6.16. The van der Waals surface area contributed by atoms with Crippen molar-refractivity contribution in [2.45, 2.75) is 169 Å². The molecule has 6 aliphatic rings. The van der Waals surface area contributed by atoms with E-state index < -0.39 is 33.3 Å². The van der Waals surface area contributed by atoms with Gasteiger partial charge in [0.1, 0.15) is 23.3 Å². The maximum atomic E-state index is 13.3. The van der Waals surface area contributed by atoms with Crippen molar-refractivity contribution in [3.05, 3.63) is 95.1 Å². The highest BCUT2D eigenvalue weighted by atomic mass is 16.7. The number of likely N-dealkylation sites (tertiary alicyclic amines) is 2. The molecule has 3 heterocycles. The van der Waals surface area contributed by atoms with E-state index in [-0.39, 0.29) is 88.9 Å². The first kappa shape index (κ1) is 64.2. The molecule has 3 saturated heterocycles. The van der Waals surface area contributed by atoms with Crippen molar-refractivity contribution in [2.24, 2.45) is 35.0 Å². The van der Waals surface area contributed by atoms with E-state index in [1.807, 2.05) is 96.1 Å². The van der Waals surface area contributed by atoms with Crippen LogP contribution in [0.3, 0.4) is 0 Å². The lowest BCUT2D eigenvalue weighted by molar-refractivity contribution is -0.199. The molecule has 6 amide bonds. The third-order valence-electron chi connectivity index (χ3n) is 16.0. The Hall–Kier alpha value is -5.67. The highest BCUT2D eigenvalue weighted by molar-refractivity contribution is 6.48. The zero-order valence-electron chi connectivity index (χ0n) is 48.1. The normalized spacial score (nSPS) is 23.9. The average Bonchev–Trinajstić information content (AvgIpc) is 2.94. The molecular weight excluding hydrogens is 1000 g/mol. The molecule has 3 saturated carbocycles. The molecule has 0 unspecified atom stereocenters. The molecule has 2 bridgehead atoms. The van der Waals surface area contributed by atoms with Crippen LogP contribution in [0, 0.1) is 57.7 Å². The van der Waals surface area contributed by atoms with Crippen molar-refractivity contribution in [3.8, 4) is 12.1 Å². The Morgan fingerprint density at radius 1 is 0.722 bits per heavy atom. The summed E-state index contributed by atoms with van der Waals surface area (Å²) in [6.07, 6.45) is 12.0. The molecule has 8 N–H and O–H groups in total. The third kappa shape index (κ3) is 18.4. The largest absolute Gasteiger partial charge is 0.482 e. The average molecular weight is 1090 g/mol. The summed E-state index contributed by atoms with van der Waals surface area (Å²) in [5.74, 6) is -0.157. The molecule has 0 aromatic heterocycles. The van der Waals surface area contributed by atoms with Crippen molar-refractivity contribution in [2.75, 3.05) is 26.2 Å². The number of nitriles is 2. The summed E-state index contributed by atoms with van der Waals surface area (Å²) in [6.45, 7) is 20.1. The molecule has 3 aliphatic heterocycles. The maximum absolute atomic E-state index is 13.3. The van der Waals surface area contributed by atoms with Crippen LogP contribution in [0.15, 0.2) is 84.0 Å². The first-order valence-electron chi connectivity index (χ1n) is 28.5. The second kappa shape index (κ2) is 30.2. The van der Waals surface area contributed by atoms with Gasteiger partial charge in [0.2, 0.25) is 0 Å². The quantitative estimate of drug-likeness (QED) is 0.0474. The monoisotopic (exact) mass is 1090 g/mol. The Balaban J connectivity index is 0.000000268. The smallest absolute Gasteiger partial charge is 0.427 e. The predicted molar refractivity (Wildman–Crippen MR) is 307 cm³/mol. The summed E-state index contributed by atoms with van der Waals surface area (Å²) in [5.41, 5.74) is 2.14. The molecule has 8 atom stereocenters. The zero-order chi connectivity index (χ0) is 58.0. The van der Waals surface area contributed by atoms with Gasteiger partial charge in [0.05, 0.1) is 23.6 Å². The summed E-state index contributed by atoms with van der Waals surface area (Å²) < 4.78 is 13.3. The SMILES string of the molecule is CC(C)C=C(C#N)C(=O)N1CCCC[C@@H]1CNC(=O)N[C@@H](Cc1ccccc1)B(O)O.CC(C)C=C(C#N)C(=O)N1CCCC[C@@H]1CNC(=O)N[C@@H](Cc1ccccc1)B1O[C@@H]2C[C@@H]3C[C@@H](C3(C)C)[C@]2(C)O1.CC(C)CB(O)O. The molecule has 79 heavy (non-hydrogen) atoms. The molecule has 8 rings (SSSR count). The summed E-state index contributed by atoms with van der Waals surface area (Å²) in [5, 5.41) is 66.3. The second-order valence-electron chi connectivity index (χ2n) is 23.8. The lowest BCUT2D eigenvalue weighted by Gasteiger charge is -2.64. The van der Waals surface area contributed by atoms with E-state index in [4.69, 9.17) is 19.4 Å². The van der Waals surface area contributed by atoms with Crippen molar-refractivity contribution >= 4 is 45.2 Å². The number of allylic oxidation sites excluding steroid dienone is 2. The first-order chi connectivity index (χ1) is 37.5. The van der Waals surface area contributed by atoms with E-state index in [1.54, 1.807) is 22.0 Å². The number of amides is 6. The number of carbonyl (C=O) groups is 4. The maximum Gasteiger partial charge on any atom is 0.482 e. The minimum absolute atomic E-state index is 0.0300. The Labute approximate surface area is 470 Å². The van der Waals surface area contributed by atoms with Gasteiger partial charge in [-0.25, -0.2) is 9.59 Å². The lowest BCUT2D eigenvalue weighted by atomic mass is 9.43. The Morgan fingerprint density at radius 3 is 1.62 bits per heavy atom. The van der Waals surface area contributed by atoms with E-state index in [9.17, 15) is 39.7 Å². The van der Waals surface area contributed by atoms with Gasteiger partial charge in [-0.1, -0.05) is 128 Å². The number of nitrogens with one attached hydrogen (secondary N) is 4. The minimum atomic E-state index is -1.71. The molecule has 21 heteroatoms. The van der Waals surface area contributed by atoms with Gasteiger partial charge in [0.25, 0.3) is 11.8 Å². The van der Waals surface area contributed by atoms with Crippen LogP contribution in [0.1, 0.15) is 125 Å². The summed E-state index contributed by atoms with van der Waals surface area (Å²) in [6, 6.07) is 22.2. The van der Waals surface area contributed by atoms with Crippen molar-refractivity contribution < 1.29 is 48.6 Å². The Kier molecular flexibility index (Phi) is 24.6. The molecule has 428 valence electrons. The molecule has 6 fully saturated rings. The van der Waals surface area contributed by atoms with Gasteiger partial charge >= 0.3 is 33.4 Å². The summed E-state index contributed by atoms with van der Waals surface area (Å²) in [7, 11) is -3.38. The fourth-order valence-corrected chi connectivity index (χ4v) is 11.8. The van der Waals surface area contributed by atoms with Gasteiger partial charge < -0.3 is 60.5 Å².